The van der Waals surface area contributed by atoms with E-state index in [0.717, 1.165) is 32.1 Å². The van der Waals surface area contributed by atoms with E-state index in [9.17, 15) is 18.0 Å². The summed E-state index contributed by atoms with van der Waals surface area (Å²) in [5, 5.41) is 2.97. The van der Waals surface area contributed by atoms with E-state index in [1.807, 2.05) is 0 Å². The molecule has 30 heavy (non-hydrogen) atoms. The molecule has 2 aliphatic rings. The van der Waals surface area contributed by atoms with Crippen molar-refractivity contribution in [2.75, 3.05) is 19.7 Å². The number of nitrogens with one attached hydrogen (secondary N) is 1. The summed E-state index contributed by atoms with van der Waals surface area (Å²) in [4.78, 5) is 24.6. The van der Waals surface area contributed by atoms with Gasteiger partial charge in [0, 0.05) is 19.1 Å². The molecule has 1 aliphatic carbocycles. The number of hydrogen-bond donors (Lipinski definition) is 1. The van der Waals surface area contributed by atoms with Crippen molar-refractivity contribution in [1.29, 1.82) is 0 Å². The first-order chi connectivity index (χ1) is 14.3. The highest BCUT2D eigenvalue weighted by Gasteiger charge is 2.29. The van der Waals surface area contributed by atoms with Crippen molar-refractivity contribution >= 4 is 21.9 Å². The van der Waals surface area contributed by atoms with Gasteiger partial charge in [0.1, 0.15) is 0 Å². The topological polar surface area (TPSA) is 92.8 Å². The molecular weight excluding hydrogens is 404 g/mol. The highest BCUT2D eigenvalue weighted by atomic mass is 32.2. The molecule has 1 aromatic carbocycles. The number of carbonyl (C=O) groups excluding carboxylic acids is 2. The van der Waals surface area contributed by atoms with Crippen LogP contribution in [0, 0.1) is 11.8 Å². The summed E-state index contributed by atoms with van der Waals surface area (Å²) in [5.74, 6) is 0.00913. The number of ether oxygens (including phenoxy) is 1. The zero-order valence-corrected chi connectivity index (χ0v) is 18.6. The minimum Gasteiger partial charge on any atom is -0.452 e. The molecule has 1 N–H and O–H groups in total. The van der Waals surface area contributed by atoms with Gasteiger partial charge in [-0.15, -0.1) is 0 Å². The van der Waals surface area contributed by atoms with Gasteiger partial charge < -0.3 is 10.1 Å². The van der Waals surface area contributed by atoms with E-state index in [1.54, 1.807) is 0 Å². The molecule has 0 bridgehead atoms. The Hall–Kier alpha value is -1.93. The fourth-order valence-electron chi connectivity index (χ4n) is 4.27. The number of carbonyl (C=O) groups is 2. The number of nitrogens with zero attached hydrogens (tertiary/aromatic N) is 1. The number of esters is 1. The van der Waals surface area contributed by atoms with Crippen molar-refractivity contribution in [3.05, 3.63) is 29.8 Å². The van der Waals surface area contributed by atoms with Gasteiger partial charge in [0.15, 0.2) is 6.61 Å². The van der Waals surface area contributed by atoms with E-state index in [0.29, 0.717) is 24.9 Å². The maximum absolute atomic E-state index is 12.7. The van der Waals surface area contributed by atoms with E-state index in [-0.39, 0.29) is 29.0 Å². The minimum atomic E-state index is -3.54. The van der Waals surface area contributed by atoms with Crippen LogP contribution in [0.25, 0.3) is 0 Å². The van der Waals surface area contributed by atoms with Crippen molar-refractivity contribution in [3.63, 3.8) is 0 Å². The molecule has 1 aliphatic heterocycles. The molecule has 3 atom stereocenters. The number of hydrogen-bond acceptors (Lipinski definition) is 5. The molecule has 3 rings (SSSR count). The maximum atomic E-state index is 12.7. The third kappa shape index (κ3) is 5.40. The Bertz CT molecular complexity index is 847. The molecule has 1 saturated carbocycles. The van der Waals surface area contributed by atoms with Crippen molar-refractivity contribution in [2.24, 2.45) is 11.8 Å². The third-order valence-corrected chi connectivity index (χ3v) is 8.34. The SMILES string of the molecule is C[C@@H]1[C@H](C)CCC[C@H]1NC(=O)COC(=O)c1ccc(S(=O)(=O)N2CCCCC2)cc1. The van der Waals surface area contributed by atoms with Crippen LogP contribution in [0.4, 0.5) is 0 Å². The zero-order valence-electron chi connectivity index (χ0n) is 17.8. The highest BCUT2D eigenvalue weighted by molar-refractivity contribution is 7.89. The summed E-state index contributed by atoms with van der Waals surface area (Å²) in [5.41, 5.74) is 0.222. The summed E-state index contributed by atoms with van der Waals surface area (Å²) in [7, 11) is -3.54. The molecule has 0 radical (unpaired) electrons. The first-order valence-electron chi connectivity index (χ1n) is 10.9. The summed E-state index contributed by atoms with van der Waals surface area (Å²) < 4.78 is 32.0. The van der Waals surface area contributed by atoms with Crippen molar-refractivity contribution < 1.29 is 22.7 Å². The monoisotopic (exact) mass is 436 g/mol. The molecule has 1 saturated heterocycles. The van der Waals surface area contributed by atoms with Crippen LogP contribution in [0.1, 0.15) is 62.7 Å². The number of piperidine rings is 1. The molecule has 0 spiro atoms. The molecule has 0 unspecified atom stereocenters. The van der Waals surface area contributed by atoms with Crippen LogP contribution in [0.5, 0.6) is 0 Å². The second-order valence-corrected chi connectivity index (χ2v) is 10.4. The van der Waals surface area contributed by atoms with Gasteiger partial charge in [-0.3, -0.25) is 4.79 Å². The first-order valence-corrected chi connectivity index (χ1v) is 12.3. The highest BCUT2D eigenvalue weighted by Crippen LogP contribution is 2.29. The fourth-order valence-corrected chi connectivity index (χ4v) is 5.78. The van der Waals surface area contributed by atoms with E-state index in [2.05, 4.69) is 19.2 Å². The molecule has 1 heterocycles. The minimum absolute atomic E-state index is 0.110. The summed E-state index contributed by atoms with van der Waals surface area (Å²) >= 11 is 0. The summed E-state index contributed by atoms with van der Waals surface area (Å²) in [6.07, 6.45) is 5.98. The van der Waals surface area contributed by atoms with Crippen LogP contribution < -0.4 is 5.32 Å². The molecule has 1 aromatic rings. The number of amides is 1. The molecule has 1 amide bonds. The van der Waals surface area contributed by atoms with Gasteiger partial charge >= 0.3 is 5.97 Å². The maximum Gasteiger partial charge on any atom is 0.338 e. The van der Waals surface area contributed by atoms with Crippen LogP contribution in [-0.4, -0.2) is 50.3 Å². The average molecular weight is 437 g/mol. The lowest BCUT2D eigenvalue weighted by Crippen LogP contribution is -2.45. The van der Waals surface area contributed by atoms with Gasteiger partial charge in [-0.1, -0.05) is 33.1 Å². The van der Waals surface area contributed by atoms with Gasteiger partial charge in [0.25, 0.3) is 5.91 Å². The van der Waals surface area contributed by atoms with Crippen LogP contribution in [-0.2, 0) is 19.6 Å². The van der Waals surface area contributed by atoms with Crippen LogP contribution >= 0.6 is 0 Å². The average Bonchev–Trinajstić information content (AvgIpc) is 2.76. The molecule has 7 nitrogen and oxygen atoms in total. The predicted octanol–water partition coefficient (Wildman–Crippen LogP) is 2.96. The molecule has 166 valence electrons. The number of benzene rings is 1. The van der Waals surface area contributed by atoms with E-state index in [4.69, 9.17) is 4.74 Å². The van der Waals surface area contributed by atoms with Gasteiger partial charge in [-0.2, -0.15) is 4.31 Å². The van der Waals surface area contributed by atoms with Crippen LogP contribution in [0.3, 0.4) is 0 Å². The van der Waals surface area contributed by atoms with Gasteiger partial charge in [0.2, 0.25) is 10.0 Å². The second-order valence-electron chi connectivity index (χ2n) is 8.51. The van der Waals surface area contributed by atoms with Crippen molar-refractivity contribution in [3.8, 4) is 0 Å². The second kappa shape index (κ2) is 9.92. The number of rotatable bonds is 6. The Morgan fingerprint density at radius 3 is 2.37 bits per heavy atom. The standard InChI is InChI=1S/C22H32N2O5S/c1-16-7-6-8-20(17(16)2)23-21(25)15-29-22(26)18-9-11-19(12-10-18)30(27,28)24-13-4-3-5-14-24/h9-12,16-17,20H,3-8,13-15H2,1-2H3,(H,23,25)/t16-,17-,20-/m1/s1. The molecule has 8 heteroatoms. The Morgan fingerprint density at radius 2 is 1.70 bits per heavy atom. The van der Waals surface area contributed by atoms with Gasteiger partial charge in [0.05, 0.1) is 10.5 Å². The Morgan fingerprint density at radius 1 is 1.03 bits per heavy atom. The fraction of sp³-hybridized carbons (Fsp3) is 0.636. The van der Waals surface area contributed by atoms with Crippen molar-refractivity contribution in [1.82, 2.24) is 9.62 Å². The zero-order chi connectivity index (χ0) is 21.7. The molecular formula is C22H32N2O5S. The molecule has 0 aromatic heterocycles. The van der Waals surface area contributed by atoms with Crippen LogP contribution in [0.2, 0.25) is 0 Å². The molecule has 2 fully saturated rings. The van der Waals surface area contributed by atoms with Crippen molar-refractivity contribution in [2.45, 2.75) is 63.3 Å². The normalized spacial score (nSPS) is 25.5. The smallest absolute Gasteiger partial charge is 0.338 e. The Kier molecular flexibility index (Phi) is 7.52. The van der Waals surface area contributed by atoms with Gasteiger partial charge in [-0.05, 0) is 55.4 Å². The lowest BCUT2D eigenvalue weighted by molar-refractivity contribution is -0.125. The summed E-state index contributed by atoms with van der Waals surface area (Å²) in [6.45, 7) is 5.04. The largest absolute Gasteiger partial charge is 0.452 e. The first kappa shape index (κ1) is 22.7. The Labute approximate surface area is 179 Å². The predicted molar refractivity (Wildman–Crippen MR) is 113 cm³/mol. The Balaban J connectivity index is 1.52. The van der Waals surface area contributed by atoms with E-state index in [1.165, 1.54) is 35.0 Å². The van der Waals surface area contributed by atoms with E-state index < -0.39 is 16.0 Å². The quantitative estimate of drug-likeness (QED) is 0.692. The van der Waals surface area contributed by atoms with E-state index >= 15 is 0 Å². The van der Waals surface area contributed by atoms with Crippen LogP contribution in [0.15, 0.2) is 29.2 Å². The third-order valence-electron chi connectivity index (χ3n) is 6.43. The lowest BCUT2D eigenvalue weighted by Gasteiger charge is -2.34. The number of sulfonamides is 1. The summed E-state index contributed by atoms with van der Waals surface area (Å²) in [6, 6.07) is 5.82. The van der Waals surface area contributed by atoms with Gasteiger partial charge in [-0.25, -0.2) is 13.2 Å². The lowest BCUT2D eigenvalue weighted by atomic mass is 9.78.